The number of hydrogen-bond acceptors (Lipinski definition) is 6. The first-order valence-corrected chi connectivity index (χ1v) is 6.51. The molecular weight excluding hydrogens is 268 g/mol. The van der Waals surface area contributed by atoms with Crippen molar-refractivity contribution >= 4 is 22.9 Å². The smallest absolute Gasteiger partial charge is 0.224 e. The summed E-state index contributed by atoms with van der Waals surface area (Å²) < 4.78 is 5.37. The lowest BCUT2D eigenvalue weighted by atomic mass is 10.1. The van der Waals surface area contributed by atoms with Crippen LogP contribution in [-0.2, 0) is 6.54 Å². The van der Waals surface area contributed by atoms with Gasteiger partial charge in [0.25, 0.3) is 0 Å². The summed E-state index contributed by atoms with van der Waals surface area (Å²) in [4.78, 5) is 15.4. The van der Waals surface area contributed by atoms with E-state index in [0.717, 1.165) is 16.8 Å². The first-order chi connectivity index (χ1) is 10.2. The van der Waals surface area contributed by atoms with E-state index in [0.29, 0.717) is 18.0 Å². The summed E-state index contributed by atoms with van der Waals surface area (Å²) >= 11 is 0. The molecule has 7 heteroatoms. The molecule has 0 atom stereocenters. The molecule has 3 rings (SSSR count). The van der Waals surface area contributed by atoms with E-state index in [2.05, 4.69) is 31.3 Å². The molecule has 0 fully saturated rings. The van der Waals surface area contributed by atoms with E-state index in [1.807, 2.05) is 19.1 Å². The molecule has 3 aromatic rings. The summed E-state index contributed by atoms with van der Waals surface area (Å²) in [6.45, 7) is 2.61. The van der Waals surface area contributed by atoms with Crippen LogP contribution in [0.25, 0.3) is 11.2 Å². The van der Waals surface area contributed by atoms with E-state index in [-0.39, 0.29) is 5.95 Å². The number of aryl methyl sites for hydroxylation is 1. The Morgan fingerprint density at radius 3 is 3.00 bits per heavy atom. The van der Waals surface area contributed by atoms with Crippen LogP contribution in [0.15, 0.2) is 24.5 Å². The van der Waals surface area contributed by atoms with Crippen LogP contribution in [0.2, 0.25) is 0 Å². The molecule has 2 aromatic heterocycles. The number of H-pyrrole nitrogens is 1. The van der Waals surface area contributed by atoms with Crippen LogP contribution < -0.4 is 15.8 Å². The Hall–Kier alpha value is -2.83. The summed E-state index contributed by atoms with van der Waals surface area (Å²) in [5.41, 5.74) is 9.18. The molecule has 0 aliphatic carbocycles. The van der Waals surface area contributed by atoms with Crippen LogP contribution in [-0.4, -0.2) is 27.0 Å². The molecule has 0 bridgehead atoms. The standard InChI is InChI=1S/C14H16N6O/c1-8-3-4-10(21-2)9(5-8)6-16-12-11-13(18-7-17-11)20-14(15)19-12/h3-5,7H,6H2,1-2H3,(H4,15,16,17,18,19,20). The van der Waals surface area contributed by atoms with Gasteiger partial charge in [0, 0.05) is 12.1 Å². The largest absolute Gasteiger partial charge is 0.496 e. The SMILES string of the molecule is COc1ccc(C)cc1CNc1nc(N)nc2nc[nH]c12. The molecule has 108 valence electrons. The Morgan fingerprint density at radius 1 is 1.33 bits per heavy atom. The Labute approximate surface area is 121 Å². The van der Waals surface area contributed by atoms with Gasteiger partial charge in [-0.3, -0.25) is 0 Å². The van der Waals surface area contributed by atoms with Crippen LogP contribution in [0.3, 0.4) is 0 Å². The summed E-state index contributed by atoms with van der Waals surface area (Å²) in [6, 6.07) is 6.03. The second-order valence-corrected chi connectivity index (χ2v) is 4.70. The van der Waals surface area contributed by atoms with Crippen molar-refractivity contribution in [2.45, 2.75) is 13.5 Å². The highest BCUT2D eigenvalue weighted by Gasteiger charge is 2.09. The number of imidazole rings is 1. The maximum atomic E-state index is 5.69. The number of anilines is 2. The van der Waals surface area contributed by atoms with Crippen LogP contribution >= 0.6 is 0 Å². The zero-order valence-electron chi connectivity index (χ0n) is 11.8. The summed E-state index contributed by atoms with van der Waals surface area (Å²) in [7, 11) is 1.66. The second-order valence-electron chi connectivity index (χ2n) is 4.70. The van der Waals surface area contributed by atoms with Crippen LogP contribution in [0.5, 0.6) is 5.75 Å². The van der Waals surface area contributed by atoms with Gasteiger partial charge < -0.3 is 20.8 Å². The van der Waals surface area contributed by atoms with E-state index in [1.54, 1.807) is 13.4 Å². The van der Waals surface area contributed by atoms with Gasteiger partial charge >= 0.3 is 0 Å². The minimum atomic E-state index is 0.188. The van der Waals surface area contributed by atoms with Gasteiger partial charge in [0.05, 0.1) is 13.4 Å². The van der Waals surface area contributed by atoms with Crippen LogP contribution in [0, 0.1) is 6.92 Å². The van der Waals surface area contributed by atoms with Gasteiger partial charge in [-0.25, -0.2) is 4.98 Å². The number of aromatic nitrogens is 4. The van der Waals surface area contributed by atoms with Gasteiger partial charge in [-0.1, -0.05) is 17.7 Å². The van der Waals surface area contributed by atoms with Crippen molar-refractivity contribution < 1.29 is 4.74 Å². The van der Waals surface area contributed by atoms with Crippen molar-refractivity contribution in [1.82, 2.24) is 19.9 Å². The van der Waals surface area contributed by atoms with Crippen molar-refractivity contribution in [3.63, 3.8) is 0 Å². The third-order valence-electron chi connectivity index (χ3n) is 3.19. The fourth-order valence-corrected chi connectivity index (χ4v) is 2.20. The van der Waals surface area contributed by atoms with E-state index < -0.39 is 0 Å². The lowest BCUT2D eigenvalue weighted by Gasteiger charge is -2.11. The average molecular weight is 284 g/mol. The third-order valence-corrected chi connectivity index (χ3v) is 3.19. The van der Waals surface area contributed by atoms with Crippen molar-refractivity contribution in [3.8, 4) is 5.75 Å². The number of aromatic amines is 1. The lowest BCUT2D eigenvalue weighted by Crippen LogP contribution is -2.06. The summed E-state index contributed by atoms with van der Waals surface area (Å²) in [5, 5.41) is 3.25. The van der Waals surface area contributed by atoms with Gasteiger partial charge in [-0.2, -0.15) is 9.97 Å². The zero-order chi connectivity index (χ0) is 14.8. The second kappa shape index (κ2) is 5.28. The van der Waals surface area contributed by atoms with E-state index in [9.17, 15) is 0 Å². The lowest BCUT2D eigenvalue weighted by molar-refractivity contribution is 0.410. The maximum Gasteiger partial charge on any atom is 0.224 e. The molecule has 21 heavy (non-hydrogen) atoms. The summed E-state index contributed by atoms with van der Waals surface area (Å²) in [5.74, 6) is 1.64. The molecule has 7 nitrogen and oxygen atoms in total. The van der Waals surface area contributed by atoms with E-state index in [4.69, 9.17) is 10.5 Å². The van der Waals surface area contributed by atoms with Gasteiger partial charge in [-0.15, -0.1) is 0 Å². The molecular formula is C14H16N6O. The Morgan fingerprint density at radius 2 is 2.19 bits per heavy atom. The van der Waals surface area contributed by atoms with E-state index in [1.165, 1.54) is 5.56 Å². The topological polar surface area (TPSA) is 102 Å². The number of fused-ring (bicyclic) bond motifs is 1. The molecule has 4 N–H and O–H groups in total. The highest BCUT2D eigenvalue weighted by Crippen LogP contribution is 2.22. The van der Waals surface area contributed by atoms with Crippen LogP contribution in [0.4, 0.5) is 11.8 Å². The minimum Gasteiger partial charge on any atom is -0.496 e. The molecule has 0 spiro atoms. The van der Waals surface area contributed by atoms with Gasteiger partial charge in [0.2, 0.25) is 5.95 Å². The molecule has 1 aromatic carbocycles. The number of benzene rings is 1. The molecule has 0 aliphatic rings. The first kappa shape index (κ1) is 13.2. The number of nitrogens with one attached hydrogen (secondary N) is 2. The number of hydrogen-bond donors (Lipinski definition) is 3. The minimum absolute atomic E-state index is 0.188. The van der Waals surface area contributed by atoms with Crippen molar-refractivity contribution in [2.24, 2.45) is 0 Å². The highest BCUT2D eigenvalue weighted by atomic mass is 16.5. The third kappa shape index (κ3) is 2.58. The maximum absolute atomic E-state index is 5.69. The fourth-order valence-electron chi connectivity index (χ4n) is 2.20. The quantitative estimate of drug-likeness (QED) is 0.676. The number of nitrogens with zero attached hydrogens (tertiary/aromatic N) is 3. The first-order valence-electron chi connectivity index (χ1n) is 6.51. The zero-order valence-corrected chi connectivity index (χ0v) is 11.8. The van der Waals surface area contributed by atoms with Gasteiger partial charge in [0.1, 0.15) is 11.3 Å². The number of ether oxygens (including phenoxy) is 1. The molecule has 2 heterocycles. The van der Waals surface area contributed by atoms with Crippen molar-refractivity contribution in [3.05, 3.63) is 35.7 Å². The Kier molecular flexibility index (Phi) is 3.31. The van der Waals surface area contributed by atoms with Crippen LogP contribution in [0.1, 0.15) is 11.1 Å². The molecule has 0 saturated carbocycles. The fraction of sp³-hybridized carbons (Fsp3) is 0.214. The molecule has 0 unspecified atom stereocenters. The van der Waals surface area contributed by atoms with Crippen molar-refractivity contribution in [1.29, 1.82) is 0 Å². The van der Waals surface area contributed by atoms with Gasteiger partial charge in [0.15, 0.2) is 11.5 Å². The highest BCUT2D eigenvalue weighted by molar-refractivity contribution is 5.83. The van der Waals surface area contributed by atoms with Gasteiger partial charge in [-0.05, 0) is 13.0 Å². The predicted molar refractivity (Wildman–Crippen MR) is 81.2 cm³/mol. The molecule has 0 amide bonds. The van der Waals surface area contributed by atoms with E-state index >= 15 is 0 Å². The number of nitrogens with two attached hydrogens (primary N) is 1. The monoisotopic (exact) mass is 284 g/mol. The Balaban J connectivity index is 1.90. The summed E-state index contributed by atoms with van der Waals surface area (Å²) in [6.07, 6.45) is 1.57. The molecule has 0 saturated heterocycles. The normalized spacial score (nSPS) is 10.8. The number of rotatable bonds is 4. The molecule has 0 radical (unpaired) electrons. The Bertz CT molecular complexity index is 782. The molecule has 0 aliphatic heterocycles. The average Bonchev–Trinajstić information content (AvgIpc) is 2.93. The van der Waals surface area contributed by atoms with Crippen molar-refractivity contribution in [2.75, 3.05) is 18.2 Å². The predicted octanol–water partition coefficient (Wildman–Crippen LogP) is 1.86. The number of methoxy groups -OCH3 is 1. The number of nitrogen functional groups attached to an aromatic ring is 1.